The molecule has 4 aromatic heterocycles. The molecule has 5 nitrogen and oxygen atoms in total. The zero-order chi connectivity index (χ0) is 39.6. The van der Waals surface area contributed by atoms with Crippen LogP contribution in [0.25, 0.3) is 117 Å². The first-order chi connectivity index (χ1) is 29.7. The van der Waals surface area contributed by atoms with Gasteiger partial charge in [0.15, 0.2) is 11.4 Å². The Balaban J connectivity index is 0.995. The first-order valence-electron chi connectivity index (χ1n) is 20.2. The lowest BCUT2D eigenvalue weighted by Crippen LogP contribution is -1.98. The molecule has 0 N–H and O–H groups in total. The van der Waals surface area contributed by atoms with E-state index in [1.54, 1.807) is 0 Å². The lowest BCUT2D eigenvalue weighted by molar-refractivity contribution is 0.669. The average Bonchev–Trinajstić information content (AvgIpc) is 3.88. The largest absolute Gasteiger partial charge is 0.454 e. The topological polar surface area (TPSA) is 56.7 Å². The van der Waals surface area contributed by atoms with Crippen LogP contribution in [0.3, 0.4) is 0 Å². The molecule has 0 fully saturated rings. The molecule has 5 heteroatoms. The predicted octanol–water partition coefficient (Wildman–Crippen LogP) is 14.4. The number of hydrogen-bond acceptors (Lipinski definition) is 4. The summed E-state index contributed by atoms with van der Waals surface area (Å²) in [6.45, 7) is 0. The van der Waals surface area contributed by atoms with E-state index in [0.29, 0.717) is 5.82 Å². The fourth-order valence-electron chi connectivity index (χ4n) is 8.85. The second-order valence-corrected chi connectivity index (χ2v) is 15.2. The van der Waals surface area contributed by atoms with Crippen molar-refractivity contribution in [2.75, 3.05) is 0 Å². The van der Waals surface area contributed by atoms with Crippen molar-refractivity contribution < 1.29 is 4.42 Å². The Labute approximate surface area is 345 Å². The van der Waals surface area contributed by atoms with E-state index in [4.69, 9.17) is 19.4 Å². The first-order valence-corrected chi connectivity index (χ1v) is 20.2. The summed E-state index contributed by atoms with van der Waals surface area (Å²) in [5, 5.41) is 5.68. The highest BCUT2D eigenvalue weighted by Gasteiger charge is 2.21. The van der Waals surface area contributed by atoms with E-state index in [2.05, 4.69) is 174 Å². The molecule has 0 saturated carbocycles. The number of rotatable bonds is 6. The van der Waals surface area contributed by atoms with Gasteiger partial charge < -0.3 is 8.98 Å². The summed E-state index contributed by atoms with van der Waals surface area (Å²) in [5.74, 6) is 0.668. The Morgan fingerprint density at radius 1 is 0.383 bits per heavy atom. The van der Waals surface area contributed by atoms with Crippen LogP contribution in [0, 0.1) is 0 Å². The van der Waals surface area contributed by atoms with Gasteiger partial charge in [0.05, 0.1) is 27.9 Å². The van der Waals surface area contributed by atoms with Crippen LogP contribution >= 0.6 is 0 Å². The van der Waals surface area contributed by atoms with E-state index in [1.807, 2.05) is 36.4 Å². The van der Waals surface area contributed by atoms with Gasteiger partial charge in [0.1, 0.15) is 11.3 Å². The van der Waals surface area contributed by atoms with Crippen molar-refractivity contribution >= 4 is 54.6 Å². The van der Waals surface area contributed by atoms with Gasteiger partial charge in [0.2, 0.25) is 0 Å². The number of hydrogen-bond donors (Lipinski definition) is 0. The monoisotopic (exact) mass is 766 g/mol. The highest BCUT2D eigenvalue weighted by Crippen LogP contribution is 2.43. The number of furan rings is 1. The van der Waals surface area contributed by atoms with E-state index in [-0.39, 0.29) is 0 Å². The maximum absolute atomic E-state index is 6.60. The van der Waals surface area contributed by atoms with Crippen molar-refractivity contribution in [3.8, 4) is 62.0 Å². The van der Waals surface area contributed by atoms with Crippen molar-refractivity contribution in [2.45, 2.75) is 0 Å². The Hall–Kier alpha value is -8.15. The Bertz CT molecular complexity index is 3530. The molecule has 0 aliphatic heterocycles. The molecule has 0 radical (unpaired) electrons. The maximum atomic E-state index is 6.60. The number of fused-ring (bicyclic) bond motifs is 8. The van der Waals surface area contributed by atoms with Crippen LogP contribution in [0.1, 0.15) is 0 Å². The summed E-state index contributed by atoms with van der Waals surface area (Å²) in [6, 6.07) is 71.8. The Morgan fingerprint density at radius 3 is 1.67 bits per heavy atom. The fourth-order valence-corrected chi connectivity index (χ4v) is 8.85. The third-order valence-corrected chi connectivity index (χ3v) is 11.6. The Morgan fingerprint density at radius 2 is 0.950 bits per heavy atom. The molecular weight excluding hydrogens is 733 g/mol. The van der Waals surface area contributed by atoms with Crippen molar-refractivity contribution in [3.63, 3.8) is 0 Å². The smallest absolute Gasteiger partial charge is 0.162 e. The SMILES string of the molecule is c1ccc(-c2cc(-c3ccc(-c4cccc5nc(-c6ccccc6)c6oc7ccccc7c6c45)cc3)nc(-c3cccc(-n4c5ccccc5c5ccccc54)c3)n2)cc1. The average molecular weight is 767 g/mol. The summed E-state index contributed by atoms with van der Waals surface area (Å²) >= 11 is 0. The molecule has 8 aromatic carbocycles. The summed E-state index contributed by atoms with van der Waals surface area (Å²) in [7, 11) is 0. The third-order valence-electron chi connectivity index (χ3n) is 11.6. The molecule has 0 atom stereocenters. The molecule has 12 rings (SSSR count). The first kappa shape index (κ1) is 33.9. The van der Waals surface area contributed by atoms with E-state index in [0.717, 1.165) is 100 Å². The molecule has 60 heavy (non-hydrogen) atoms. The molecular formula is C55H34N4O. The van der Waals surface area contributed by atoms with Crippen molar-refractivity contribution in [1.82, 2.24) is 19.5 Å². The maximum Gasteiger partial charge on any atom is 0.162 e. The fraction of sp³-hybridized carbons (Fsp3) is 0. The van der Waals surface area contributed by atoms with Gasteiger partial charge in [-0.25, -0.2) is 15.0 Å². The lowest BCUT2D eigenvalue weighted by atomic mass is 9.94. The molecule has 0 bridgehead atoms. The van der Waals surface area contributed by atoms with Gasteiger partial charge in [-0.05, 0) is 53.6 Å². The minimum absolute atomic E-state index is 0.668. The highest BCUT2D eigenvalue weighted by atomic mass is 16.3. The number of pyridine rings is 1. The van der Waals surface area contributed by atoms with Crippen LogP contribution in [0.15, 0.2) is 211 Å². The third kappa shape index (κ3) is 5.52. The zero-order valence-electron chi connectivity index (χ0n) is 32.3. The highest BCUT2D eigenvalue weighted by molar-refractivity contribution is 6.24. The molecule has 0 aliphatic rings. The van der Waals surface area contributed by atoms with Gasteiger partial charge in [-0.2, -0.15) is 0 Å². The van der Waals surface area contributed by atoms with Gasteiger partial charge in [-0.3, -0.25) is 0 Å². The van der Waals surface area contributed by atoms with Gasteiger partial charge in [-0.15, -0.1) is 0 Å². The number of benzene rings is 8. The van der Waals surface area contributed by atoms with Crippen LogP contribution in [-0.2, 0) is 0 Å². The van der Waals surface area contributed by atoms with Gasteiger partial charge in [0.25, 0.3) is 0 Å². The van der Waals surface area contributed by atoms with E-state index in [1.165, 1.54) is 10.8 Å². The quantitative estimate of drug-likeness (QED) is 0.169. The van der Waals surface area contributed by atoms with Crippen LogP contribution < -0.4 is 0 Å². The Kier molecular flexibility index (Phi) is 7.78. The van der Waals surface area contributed by atoms with Crippen LogP contribution in [-0.4, -0.2) is 19.5 Å². The zero-order valence-corrected chi connectivity index (χ0v) is 32.3. The van der Waals surface area contributed by atoms with Gasteiger partial charge >= 0.3 is 0 Å². The van der Waals surface area contributed by atoms with E-state index >= 15 is 0 Å². The van der Waals surface area contributed by atoms with Crippen molar-refractivity contribution in [1.29, 1.82) is 0 Å². The minimum Gasteiger partial charge on any atom is -0.454 e. The van der Waals surface area contributed by atoms with E-state index in [9.17, 15) is 0 Å². The minimum atomic E-state index is 0.668. The van der Waals surface area contributed by atoms with Gasteiger partial charge in [-0.1, -0.05) is 164 Å². The van der Waals surface area contributed by atoms with Crippen molar-refractivity contribution in [2.24, 2.45) is 0 Å². The summed E-state index contributed by atoms with van der Waals surface area (Å²) in [4.78, 5) is 15.7. The molecule has 280 valence electrons. The lowest BCUT2D eigenvalue weighted by Gasteiger charge is -2.13. The normalized spacial score (nSPS) is 11.7. The van der Waals surface area contributed by atoms with Crippen molar-refractivity contribution in [3.05, 3.63) is 206 Å². The van der Waals surface area contributed by atoms with Crippen LogP contribution in [0.4, 0.5) is 0 Å². The number of para-hydroxylation sites is 3. The van der Waals surface area contributed by atoms with E-state index < -0.39 is 0 Å². The molecule has 4 heterocycles. The van der Waals surface area contributed by atoms with Crippen LogP contribution in [0.5, 0.6) is 0 Å². The second kappa shape index (κ2) is 13.8. The summed E-state index contributed by atoms with van der Waals surface area (Å²) < 4.78 is 8.93. The predicted molar refractivity (Wildman–Crippen MR) is 246 cm³/mol. The van der Waals surface area contributed by atoms with Gasteiger partial charge in [0, 0.05) is 54.9 Å². The second-order valence-electron chi connectivity index (χ2n) is 15.2. The molecule has 0 amide bonds. The standard InChI is InChI=1S/C55H34N4O/c1-3-15-36(16-4-1)46-34-47(58-55(57-46)39-19-13-20-40(33-39)59-48-26-10-7-21-42(48)43-22-8-11-27-49(43)59)37-31-29-35(30-32-37)41-24-14-25-45-51(41)52-44-23-9-12-28-50(44)60-54(52)53(56-45)38-17-5-2-6-18-38/h1-34H. The molecule has 0 saturated heterocycles. The molecule has 12 aromatic rings. The summed E-state index contributed by atoms with van der Waals surface area (Å²) in [5.41, 5.74) is 14.7. The molecule has 0 unspecified atom stereocenters. The number of nitrogens with zero attached hydrogens (tertiary/aromatic N) is 4. The molecule has 0 aliphatic carbocycles. The van der Waals surface area contributed by atoms with Crippen LogP contribution in [0.2, 0.25) is 0 Å². The number of aromatic nitrogens is 4. The molecule has 0 spiro atoms. The summed E-state index contributed by atoms with van der Waals surface area (Å²) in [6.07, 6.45) is 0.